The fourth-order valence-corrected chi connectivity index (χ4v) is 2.22. The number of amides is 1. The summed E-state index contributed by atoms with van der Waals surface area (Å²) in [6, 6.07) is 5.62. The van der Waals surface area contributed by atoms with Crippen LogP contribution in [0.5, 0.6) is 0 Å². The smallest absolute Gasteiger partial charge is 0.323 e. The Hall–Kier alpha value is -1.84. The summed E-state index contributed by atoms with van der Waals surface area (Å²) in [7, 11) is 0. The van der Waals surface area contributed by atoms with Gasteiger partial charge in [0, 0.05) is 12.1 Å². The molecule has 102 valence electrons. The topological polar surface area (TPSA) is 57.6 Å². The van der Waals surface area contributed by atoms with Gasteiger partial charge in [-0.05, 0) is 44.2 Å². The van der Waals surface area contributed by atoms with E-state index >= 15 is 0 Å². The predicted octanol–water partition coefficient (Wildman–Crippen LogP) is 2.24. The lowest BCUT2D eigenvalue weighted by Crippen LogP contribution is -2.37. The first-order chi connectivity index (χ1) is 8.97. The lowest BCUT2D eigenvalue weighted by molar-refractivity contribution is -0.137. The second kappa shape index (κ2) is 5.43. The zero-order chi connectivity index (χ0) is 14.0. The average Bonchev–Trinajstić information content (AvgIpc) is 3.10. The van der Waals surface area contributed by atoms with Crippen molar-refractivity contribution >= 4 is 11.9 Å². The summed E-state index contributed by atoms with van der Waals surface area (Å²) >= 11 is 0. The van der Waals surface area contributed by atoms with Crippen LogP contribution in [0.25, 0.3) is 0 Å². The van der Waals surface area contributed by atoms with Crippen LogP contribution in [0.15, 0.2) is 18.2 Å². The van der Waals surface area contributed by atoms with E-state index in [-0.39, 0.29) is 12.5 Å². The summed E-state index contributed by atoms with van der Waals surface area (Å²) in [5, 5.41) is 8.93. The molecule has 1 aromatic rings. The molecule has 1 aliphatic rings. The van der Waals surface area contributed by atoms with Crippen molar-refractivity contribution in [1.29, 1.82) is 0 Å². The molecular weight excluding hydrogens is 242 g/mol. The van der Waals surface area contributed by atoms with Gasteiger partial charge in [-0.3, -0.25) is 9.59 Å². The van der Waals surface area contributed by atoms with E-state index in [0.717, 1.165) is 24.0 Å². The third-order valence-corrected chi connectivity index (χ3v) is 3.40. The number of benzene rings is 1. The van der Waals surface area contributed by atoms with Crippen molar-refractivity contribution in [3.05, 3.63) is 34.9 Å². The number of carbonyl (C=O) groups excluding carboxylic acids is 1. The average molecular weight is 261 g/mol. The molecule has 0 heterocycles. The normalized spacial score (nSPS) is 14.2. The minimum absolute atomic E-state index is 0.174. The summed E-state index contributed by atoms with van der Waals surface area (Å²) in [5.74, 6) is -0.653. The van der Waals surface area contributed by atoms with Crippen LogP contribution in [-0.4, -0.2) is 35.0 Å². The van der Waals surface area contributed by atoms with Gasteiger partial charge in [0.25, 0.3) is 5.91 Å². The maximum absolute atomic E-state index is 12.4. The standard InChI is InChI=1S/C15H19NO3/c1-10-3-6-13(11(2)7-10)15(19)16(9-14(17)18)8-12-4-5-12/h3,6-7,12H,4-5,8-9H2,1-2H3,(H,17,18). The molecule has 4 nitrogen and oxygen atoms in total. The summed E-state index contributed by atoms with van der Waals surface area (Å²) in [4.78, 5) is 24.8. The molecule has 19 heavy (non-hydrogen) atoms. The monoisotopic (exact) mass is 261 g/mol. The summed E-state index contributed by atoms with van der Waals surface area (Å²) in [6.45, 7) is 4.19. The second-order valence-corrected chi connectivity index (χ2v) is 5.34. The first-order valence-electron chi connectivity index (χ1n) is 6.55. The predicted molar refractivity (Wildman–Crippen MR) is 72.2 cm³/mol. The Kier molecular flexibility index (Phi) is 3.88. The van der Waals surface area contributed by atoms with E-state index in [4.69, 9.17) is 5.11 Å². The molecule has 0 unspecified atom stereocenters. The van der Waals surface area contributed by atoms with Gasteiger partial charge in [0.05, 0.1) is 0 Å². The molecule has 0 aliphatic heterocycles. The van der Waals surface area contributed by atoms with Gasteiger partial charge in [0.1, 0.15) is 6.54 Å². The minimum Gasteiger partial charge on any atom is -0.480 e. The third-order valence-electron chi connectivity index (χ3n) is 3.40. The zero-order valence-electron chi connectivity index (χ0n) is 11.3. The Morgan fingerprint density at radius 1 is 1.32 bits per heavy atom. The molecule has 1 aromatic carbocycles. The van der Waals surface area contributed by atoms with Gasteiger partial charge in [-0.25, -0.2) is 0 Å². The number of hydrogen-bond acceptors (Lipinski definition) is 2. The van der Waals surface area contributed by atoms with E-state index in [9.17, 15) is 9.59 Å². The summed E-state index contributed by atoms with van der Waals surface area (Å²) in [5.41, 5.74) is 2.60. The fourth-order valence-electron chi connectivity index (χ4n) is 2.22. The van der Waals surface area contributed by atoms with Crippen LogP contribution in [0.2, 0.25) is 0 Å². The SMILES string of the molecule is Cc1ccc(C(=O)N(CC(=O)O)CC2CC2)c(C)c1. The minimum atomic E-state index is -0.959. The Labute approximate surface area is 113 Å². The molecule has 0 bridgehead atoms. The number of rotatable bonds is 5. The molecule has 1 saturated carbocycles. The van der Waals surface area contributed by atoms with Crippen molar-refractivity contribution in [2.24, 2.45) is 5.92 Å². The number of nitrogens with zero attached hydrogens (tertiary/aromatic N) is 1. The van der Waals surface area contributed by atoms with Gasteiger partial charge in [0.15, 0.2) is 0 Å². The lowest BCUT2D eigenvalue weighted by Gasteiger charge is -2.21. The first-order valence-corrected chi connectivity index (χ1v) is 6.55. The van der Waals surface area contributed by atoms with Crippen LogP contribution in [-0.2, 0) is 4.79 Å². The number of hydrogen-bond donors (Lipinski definition) is 1. The van der Waals surface area contributed by atoms with Gasteiger partial charge >= 0.3 is 5.97 Å². The van der Waals surface area contributed by atoms with Crippen LogP contribution in [0.4, 0.5) is 0 Å². The molecule has 0 aromatic heterocycles. The van der Waals surface area contributed by atoms with Crippen molar-refractivity contribution in [1.82, 2.24) is 4.90 Å². The van der Waals surface area contributed by atoms with Crippen molar-refractivity contribution in [3.8, 4) is 0 Å². The van der Waals surface area contributed by atoms with Crippen LogP contribution in [0, 0.1) is 19.8 Å². The van der Waals surface area contributed by atoms with E-state index in [1.165, 1.54) is 4.90 Å². The molecular formula is C15H19NO3. The van der Waals surface area contributed by atoms with Crippen molar-refractivity contribution < 1.29 is 14.7 Å². The van der Waals surface area contributed by atoms with E-state index in [2.05, 4.69) is 0 Å². The number of carboxylic acid groups (broad SMARTS) is 1. The van der Waals surface area contributed by atoms with Gasteiger partial charge in [0.2, 0.25) is 0 Å². The van der Waals surface area contributed by atoms with E-state index in [1.54, 1.807) is 6.07 Å². The summed E-state index contributed by atoms with van der Waals surface area (Å²) in [6.07, 6.45) is 2.19. The maximum atomic E-state index is 12.4. The third kappa shape index (κ3) is 3.56. The number of carbonyl (C=O) groups is 2. The number of aryl methyl sites for hydroxylation is 2. The highest BCUT2D eigenvalue weighted by Crippen LogP contribution is 2.30. The second-order valence-electron chi connectivity index (χ2n) is 5.34. The number of aliphatic carboxylic acids is 1. The molecule has 1 aliphatic carbocycles. The van der Waals surface area contributed by atoms with Crippen LogP contribution >= 0.6 is 0 Å². The molecule has 1 amide bonds. The highest BCUT2D eigenvalue weighted by molar-refractivity contribution is 5.97. The van der Waals surface area contributed by atoms with Crippen molar-refractivity contribution in [2.45, 2.75) is 26.7 Å². The summed E-state index contributed by atoms with van der Waals surface area (Å²) < 4.78 is 0. The first kappa shape index (κ1) is 13.6. The van der Waals surface area contributed by atoms with Crippen LogP contribution in [0.3, 0.4) is 0 Å². The van der Waals surface area contributed by atoms with E-state index < -0.39 is 5.97 Å². The zero-order valence-corrected chi connectivity index (χ0v) is 11.3. The van der Waals surface area contributed by atoms with Gasteiger partial charge in [-0.15, -0.1) is 0 Å². The van der Waals surface area contributed by atoms with Gasteiger partial charge in [-0.1, -0.05) is 17.7 Å². The Morgan fingerprint density at radius 3 is 2.53 bits per heavy atom. The van der Waals surface area contributed by atoms with Crippen LogP contribution in [0.1, 0.15) is 34.3 Å². The molecule has 4 heteroatoms. The molecule has 0 saturated heterocycles. The van der Waals surface area contributed by atoms with Gasteiger partial charge in [-0.2, -0.15) is 0 Å². The lowest BCUT2D eigenvalue weighted by atomic mass is 10.0. The highest BCUT2D eigenvalue weighted by Gasteiger charge is 2.28. The largest absolute Gasteiger partial charge is 0.480 e. The number of carboxylic acids is 1. The Balaban J connectivity index is 2.19. The van der Waals surface area contributed by atoms with E-state index in [1.807, 2.05) is 26.0 Å². The van der Waals surface area contributed by atoms with Gasteiger partial charge < -0.3 is 10.0 Å². The van der Waals surface area contributed by atoms with Crippen molar-refractivity contribution in [3.63, 3.8) is 0 Å². The Bertz CT molecular complexity index is 506. The highest BCUT2D eigenvalue weighted by atomic mass is 16.4. The molecule has 0 atom stereocenters. The molecule has 1 fully saturated rings. The molecule has 1 N–H and O–H groups in total. The Morgan fingerprint density at radius 2 is 2.00 bits per heavy atom. The quantitative estimate of drug-likeness (QED) is 0.884. The fraction of sp³-hybridized carbons (Fsp3) is 0.467. The molecule has 0 spiro atoms. The van der Waals surface area contributed by atoms with Crippen LogP contribution < -0.4 is 0 Å². The van der Waals surface area contributed by atoms with Crippen molar-refractivity contribution in [2.75, 3.05) is 13.1 Å². The van der Waals surface area contributed by atoms with E-state index in [0.29, 0.717) is 18.0 Å². The maximum Gasteiger partial charge on any atom is 0.323 e. The molecule has 2 rings (SSSR count). The molecule has 0 radical (unpaired) electrons.